The second-order valence-electron chi connectivity index (χ2n) is 11.9. The molecule has 4 rings (SSSR count). The number of aromatic nitrogens is 1. The van der Waals surface area contributed by atoms with E-state index in [1.807, 2.05) is 0 Å². The number of hydrogen-bond acceptors (Lipinski definition) is 18. The van der Waals surface area contributed by atoms with E-state index in [1.54, 1.807) is 24.3 Å². The van der Waals surface area contributed by atoms with Gasteiger partial charge in [0.25, 0.3) is 0 Å². The summed E-state index contributed by atoms with van der Waals surface area (Å²) in [4.78, 5) is 99.8. The molecule has 2 aliphatic heterocycles. The van der Waals surface area contributed by atoms with Crippen molar-refractivity contribution in [1.82, 2.24) is 3.56 Å². The first-order valence-corrected chi connectivity index (χ1v) is 17.8. The van der Waals surface area contributed by atoms with Gasteiger partial charge in [-0.1, -0.05) is 0 Å². The van der Waals surface area contributed by atoms with Crippen LogP contribution in [-0.4, -0.2) is 128 Å². The van der Waals surface area contributed by atoms with Gasteiger partial charge >= 0.3 is 285 Å². The third-order valence-electron chi connectivity index (χ3n) is 7.65. The molecule has 290 valence electrons. The number of carbonyl (C=O) groups is 7. The number of esters is 7. The van der Waals surface area contributed by atoms with Crippen molar-refractivity contribution in [3.05, 3.63) is 34.6 Å². The molecule has 0 unspecified atom stereocenters. The number of ether oxygens (including phenoxy) is 10. The molecule has 2 fully saturated rings. The summed E-state index contributed by atoms with van der Waals surface area (Å²) >= 11 is -0.725. The Bertz CT molecular complexity index is 1770. The molecular formula is C33H39NO18Se. The van der Waals surface area contributed by atoms with E-state index in [9.17, 15) is 38.4 Å². The first-order chi connectivity index (χ1) is 25.0. The Morgan fingerprint density at radius 3 is 1.55 bits per heavy atom. The second-order valence-corrected chi connectivity index (χ2v) is 14.0. The van der Waals surface area contributed by atoms with Gasteiger partial charge in [-0.2, -0.15) is 0 Å². The summed E-state index contributed by atoms with van der Waals surface area (Å²) in [7, 11) is 0. The van der Waals surface area contributed by atoms with Crippen LogP contribution in [0.5, 0.6) is 0 Å². The zero-order valence-electron chi connectivity index (χ0n) is 29.7. The summed E-state index contributed by atoms with van der Waals surface area (Å²) in [6.07, 6.45) is -15.8. The summed E-state index contributed by atoms with van der Waals surface area (Å²) in [5.41, 5.74) is -0.477. The van der Waals surface area contributed by atoms with Crippen LogP contribution in [0.25, 0.3) is 9.65 Å². The number of rotatable bonds is 12. The van der Waals surface area contributed by atoms with Gasteiger partial charge in [-0.3, -0.25) is 9.59 Å². The molecule has 1 aromatic heterocycles. The molecule has 0 radical (unpaired) electrons. The Morgan fingerprint density at radius 2 is 1.04 bits per heavy atom. The van der Waals surface area contributed by atoms with E-state index in [0.29, 0.717) is 9.65 Å². The fraction of sp³-hybridized carbons (Fsp3) is 0.576. The van der Waals surface area contributed by atoms with E-state index in [-0.39, 0.29) is 0 Å². The number of hydrogen-bond donors (Lipinski definition) is 0. The Kier molecular flexibility index (Phi) is 13.9. The molecule has 0 N–H and O–H groups in total. The Morgan fingerprint density at radius 1 is 0.585 bits per heavy atom. The molecule has 0 amide bonds. The van der Waals surface area contributed by atoms with Crippen LogP contribution in [0.2, 0.25) is 0 Å². The maximum atomic E-state index is 13.7. The van der Waals surface area contributed by atoms with Crippen molar-refractivity contribution in [2.45, 2.75) is 110 Å². The van der Waals surface area contributed by atoms with E-state index in [1.165, 1.54) is 3.56 Å². The van der Waals surface area contributed by atoms with Crippen LogP contribution in [0, 0.1) is 0 Å². The number of nitrogens with zero attached hydrogens (tertiary/aromatic N) is 1. The quantitative estimate of drug-likeness (QED) is 0.154. The zero-order chi connectivity index (χ0) is 39.1. The predicted molar refractivity (Wildman–Crippen MR) is 174 cm³/mol. The Labute approximate surface area is 307 Å². The molecule has 2 saturated heterocycles. The Balaban J connectivity index is 1.88. The van der Waals surface area contributed by atoms with E-state index >= 15 is 0 Å². The van der Waals surface area contributed by atoms with Gasteiger partial charge < -0.3 is 0 Å². The van der Waals surface area contributed by atoms with Crippen molar-refractivity contribution in [3.63, 3.8) is 0 Å². The van der Waals surface area contributed by atoms with Crippen LogP contribution in [0.15, 0.2) is 29.1 Å². The molecule has 3 heterocycles. The second kappa shape index (κ2) is 17.9. The minimum absolute atomic E-state index is 0.370. The molecule has 0 spiro atoms. The van der Waals surface area contributed by atoms with Gasteiger partial charge in [0.2, 0.25) is 0 Å². The van der Waals surface area contributed by atoms with Crippen molar-refractivity contribution in [3.8, 4) is 0 Å². The summed E-state index contributed by atoms with van der Waals surface area (Å²) < 4.78 is 59.0. The van der Waals surface area contributed by atoms with Gasteiger partial charge in [0.15, 0.2) is 0 Å². The van der Waals surface area contributed by atoms with Crippen LogP contribution in [0.1, 0.15) is 54.7 Å². The van der Waals surface area contributed by atoms with Crippen LogP contribution in [-0.2, 0) is 80.9 Å². The van der Waals surface area contributed by atoms with Crippen molar-refractivity contribution in [2.24, 2.45) is 0 Å². The third-order valence-corrected chi connectivity index (χ3v) is 10.0. The van der Waals surface area contributed by atoms with Gasteiger partial charge in [0.05, 0.1) is 0 Å². The molecule has 1 aromatic carbocycles. The molecule has 2 aromatic rings. The molecule has 19 nitrogen and oxygen atoms in total. The molecular weight excluding hydrogens is 777 g/mol. The first-order valence-electron chi connectivity index (χ1n) is 16.2. The van der Waals surface area contributed by atoms with Gasteiger partial charge in [0, 0.05) is 13.8 Å². The van der Waals surface area contributed by atoms with E-state index in [4.69, 9.17) is 47.4 Å². The summed E-state index contributed by atoms with van der Waals surface area (Å²) in [5.74, 6) is -5.96. The van der Waals surface area contributed by atoms with E-state index in [2.05, 4.69) is 0 Å². The Hall–Kier alpha value is -4.62. The molecule has 0 saturated carbocycles. The molecule has 20 heteroatoms. The normalized spacial score (nSPS) is 28.2. The fourth-order valence-corrected chi connectivity index (χ4v) is 8.06. The number of fused-ring (bicyclic) bond motifs is 1. The van der Waals surface area contributed by atoms with Crippen molar-refractivity contribution < 1.29 is 80.9 Å². The summed E-state index contributed by atoms with van der Waals surface area (Å²) in [5, 5.41) is 0.370. The summed E-state index contributed by atoms with van der Waals surface area (Å²) in [6, 6.07) is 6.77. The molecule has 10 atom stereocenters. The van der Waals surface area contributed by atoms with Crippen LogP contribution in [0.3, 0.4) is 0 Å². The molecule has 0 bridgehead atoms. The standard InChI is InChI=1S/C33H39NO18Se/c1-14(35)43-12-22-26(27(46-17(4)38)29(48-19(6)40)32(50-22)34-31(42)21-10-8-9-11-24(21)53-34)52-33-30(49-20(7)41)28(47-18(5)39)25(45-16(3)37)23(51-33)13-44-15(2)36/h8-11,22-23,25-30,32-33H,12-13H2,1-7H3/t22-,23-,25-,26-,27+,28+,29-,30-,32-,33-/m1/s1. The molecule has 0 aliphatic carbocycles. The van der Waals surface area contributed by atoms with Gasteiger partial charge in [0.1, 0.15) is 0 Å². The van der Waals surface area contributed by atoms with Crippen LogP contribution >= 0.6 is 0 Å². The fourth-order valence-electron chi connectivity index (χ4n) is 5.83. The van der Waals surface area contributed by atoms with Crippen molar-refractivity contribution in [2.75, 3.05) is 13.2 Å². The topological polar surface area (TPSA) is 234 Å². The van der Waals surface area contributed by atoms with E-state index < -0.39 is 137 Å². The average Bonchev–Trinajstić information content (AvgIpc) is 3.38. The number of benzene rings is 1. The zero-order valence-corrected chi connectivity index (χ0v) is 31.4. The molecule has 53 heavy (non-hydrogen) atoms. The number of carbonyl (C=O) groups excluding carboxylic acids is 7. The van der Waals surface area contributed by atoms with Crippen molar-refractivity contribution >= 4 is 66.2 Å². The maximum absolute atomic E-state index is 13.7. The van der Waals surface area contributed by atoms with Gasteiger partial charge in [-0.25, -0.2) is 0 Å². The van der Waals surface area contributed by atoms with Gasteiger partial charge in [-0.05, 0) is 0 Å². The molecule has 2 aliphatic rings. The van der Waals surface area contributed by atoms with Crippen LogP contribution in [0.4, 0.5) is 0 Å². The SMILES string of the molecule is CC(=O)OC[C@H]1O[C@@H](n2[se]c3ccccc3c2=O)[C@H](OC(C)=O)[C@@H](OC(C)=O)[C@@H]1O[C@H]1O[C@H](COC(C)=O)[C@@H](OC(C)=O)[C@H](OC(C)=O)[C@H]1OC(C)=O. The average molecular weight is 817 g/mol. The monoisotopic (exact) mass is 817 g/mol. The van der Waals surface area contributed by atoms with Gasteiger partial charge in [-0.15, -0.1) is 0 Å². The first kappa shape index (κ1) is 41.1. The van der Waals surface area contributed by atoms with Crippen molar-refractivity contribution in [1.29, 1.82) is 0 Å². The summed E-state index contributed by atoms with van der Waals surface area (Å²) in [6.45, 7) is 6.30. The third kappa shape index (κ3) is 10.5. The minimum atomic E-state index is -1.82. The van der Waals surface area contributed by atoms with E-state index in [0.717, 1.165) is 48.5 Å². The van der Waals surface area contributed by atoms with Crippen LogP contribution < -0.4 is 5.56 Å². The predicted octanol–water partition coefficient (Wildman–Crippen LogP) is -0.149.